The highest BCUT2D eigenvalue weighted by Gasteiger charge is 2.35. The number of benzene rings is 4. The van der Waals surface area contributed by atoms with Gasteiger partial charge in [0.05, 0.1) is 6.10 Å². The van der Waals surface area contributed by atoms with Crippen molar-refractivity contribution in [3.05, 3.63) is 119 Å². The van der Waals surface area contributed by atoms with E-state index in [9.17, 15) is 19.5 Å². The van der Waals surface area contributed by atoms with E-state index >= 15 is 0 Å². The molecule has 4 aromatic carbocycles. The number of aliphatic hydroxyl groups excluding tert-OH is 1. The first-order chi connectivity index (χ1) is 20.7. The molecule has 0 aliphatic rings. The zero-order valence-electron chi connectivity index (χ0n) is 24.9. The molecule has 0 spiro atoms. The van der Waals surface area contributed by atoms with E-state index < -0.39 is 18.2 Å². The Hall–Kier alpha value is -4.53. The molecule has 0 saturated heterocycles. The van der Waals surface area contributed by atoms with Gasteiger partial charge in [-0.2, -0.15) is 0 Å². The molecule has 0 aromatic heterocycles. The number of nitrogens with two attached hydrogens (primary N) is 1. The monoisotopic (exact) mass is 580 g/mol. The van der Waals surface area contributed by atoms with E-state index in [1.54, 1.807) is 39.2 Å². The molecule has 3 atom stereocenters. The van der Waals surface area contributed by atoms with Crippen molar-refractivity contribution in [2.45, 2.75) is 44.5 Å². The highest BCUT2D eigenvalue weighted by molar-refractivity contribution is 5.98. The lowest BCUT2D eigenvalue weighted by molar-refractivity contribution is -0.142. The van der Waals surface area contributed by atoms with E-state index in [2.05, 4.69) is 5.32 Å². The Balaban J connectivity index is 1.69. The third-order valence-electron chi connectivity index (χ3n) is 7.69. The van der Waals surface area contributed by atoms with Crippen molar-refractivity contribution in [2.24, 2.45) is 5.73 Å². The van der Waals surface area contributed by atoms with Gasteiger partial charge in [-0.05, 0) is 46.5 Å². The molecule has 0 saturated carbocycles. The number of likely N-dealkylation sites (N-methyl/N-ethyl adjacent to an activating group) is 2. The van der Waals surface area contributed by atoms with Crippen molar-refractivity contribution >= 4 is 28.5 Å². The summed E-state index contributed by atoms with van der Waals surface area (Å²) in [6, 6.07) is 28.7. The standard InChI is InChI=1S/C35H40N4O4/c1-24(40)23-37-33(41)31(20-25-10-5-4-6-11-25)38(2)35(43)32(21-26-16-17-28-13-7-8-14-29(28)18-26)39(3)34(42)30-15-9-12-27(19-30)22-36/h4-19,24,31-32,40H,20-23,36H2,1-3H3,(H,37,41)/t24-,31-,32-/m1/s1. The lowest BCUT2D eigenvalue weighted by atomic mass is 9.98. The van der Waals surface area contributed by atoms with Crippen molar-refractivity contribution < 1.29 is 19.5 Å². The number of aliphatic hydroxyl groups is 1. The van der Waals surface area contributed by atoms with Gasteiger partial charge >= 0.3 is 0 Å². The fraction of sp³-hybridized carbons (Fsp3) is 0.286. The average Bonchev–Trinajstić information content (AvgIpc) is 3.04. The minimum absolute atomic E-state index is 0.0581. The van der Waals surface area contributed by atoms with Crippen molar-refractivity contribution in [3.8, 4) is 0 Å². The van der Waals surface area contributed by atoms with Crippen LogP contribution in [0.4, 0.5) is 0 Å². The summed E-state index contributed by atoms with van der Waals surface area (Å²) in [5, 5.41) is 14.6. The van der Waals surface area contributed by atoms with E-state index in [1.807, 2.05) is 78.9 Å². The Morgan fingerprint density at radius 1 is 0.744 bits per heavy atom. The van der Waals surface area contributed by atoms with Gasteiger partial charge in [0.25, 0.3) is 5.91 Å². The Bertz CT molecular complexity index is 1560. The number of carbonyl (C=O) groups is 3. The van der Waals surface area contributed by atoms with Crippen LogP contribution in [0.5, 0.6) is 0 Å². The van der Waals surface area contributed by atoms with Gasteiger partial charge in [0.1, 0.15) is 12.1 Å². The third-order valence-corrected chi connectivity index (χ3v) is 7.69. The molecular weight excluding hydrogens is 540 g/mol. The van der Waals surface area contributed by atoms with Gasteiger partial charge in [0.15, 0.2) is 0 Å². The molecule has 4 N–H and O–H groups in total. The molecule has 4 rings (SSSR count). The van der Waals surface area contributed by atoms with Crippen LogP contribution in [0.15, 0.2) is 97.1 Å². The molecule has 8 nitrogen and oxygen atoms in total. The van der Waals surface area contributed by atoms with Crippen molar-refractivity contribution in [3.63, 3.8) is 0 Å². The van der Waals surface area contributed by atoms with Crippen molar-refractivity contribution in [1.29, 1.82) is 0 Å². The van der Waals surface area contributed by atoms with Gasteiger partial charge in [-0.3, -0.25) is 14.4 Å². The molecule has 4 aromatic rings. The summed E-state index contributed by atoms with van der Waals surface area (Å²) < 4.78 is 0. The number of hydrogen-bond acceptors (Lipinski definition) is 5. The number of fused-ring (bicyclic) bond motifs is 1. The lowest BCUT2D eigenvalue weighted by Crippen LogP contribution is -2.56. The van der Waals surface area contributed by atoms with E-state index in [0.717, 1.165) is 27.5 Å². The fourth-order valence-electron chi connectivity index (χ4n) is 5.15. The Kier molecular flexibility index (Phi) is 10.6. The van der Waals surface area contributed by atoms with Crippen molar-refractivity contribution in [2.75, 3.05) is 20.6 Å². The maximum atomic E-state index is 14.4. The van der Waals surface area contributed by atoms with Crippen LogP contribution in [0.1, 0.15) is 34.0 Å². The topological polar surface area (TPSA) is 116 Å². The van der Waals surface area contributed by atoms with Gasteiger partial charge in [0.2, 0.25) is 11.8 Å². The van der Waals surface area contributed by atoms with E-state index in [4.69, 9.17) is 5.73 Å². The van der Waals surface area contributed by atoms with E-state index in [1.165, 1.54) is 9.80 Å². The van der Waals surface area contributed by atoms with Crippen molar-refractivity contribution in [1.82, 2.24) is 15.1 Å². The first-order valence-corrected chi connectivity index (χ1v) is 14.5. The van der Waals surface area contributed by atoms with E-state index in [-0.39, 0.29) is 43.7 Å². The molecule has 0 unspecified atom stereocenters. The van der Waals surface area contributed by atoms with Gasteiger partial charge in [0, 0.05) is 45.6 Å². The second-order valence-corrected chi connectivity index (χ2v) is 11.0. The number of carbonyl (C=O) groups excluding carboxylic acids is 3. The minimum atomic E-state index is -0.900. The molecule has 3 amide bonds. The number of hydrogen-bond donors (Lipinski definition) is 3. The summed E-state index contributed by atoms with van der Waals surface area (Å²) in [6.45, 7) is 1.93. The van der Waals surface area contributed by atoms with Crippen LogP contribution in [0.25, 0.3) is 10.8 Å². The maximum Gasteiger partial charge on any atom is 0.254 e. The predicted octanol–water partition coefficient (Wildman–Crippen LogP) is 3.55. The molecule has 0 bridgehead atoms. The van der Waals surface area contributed by atoms with Crippen LogP contribution in [-0.4, -0.2) is 71.5 Å². The maximum absolute atomic E-state index is 14.4. The molecule has 0 aliphatic heterocycles. The molecule has 8 heteroatoms. The van der Waals surface area contributed by atoms with Crippen LogP contribution < -0.4 is 11.1 Å². The van der Waals surface area contributed by atoms with Crippen LogP contribution in [0, 0.1) is 0 Å². The van der Waals surface area contributed by atoms with Gasteiger partial charge in [-0.25, -0.2) is 0 Å². The summed E-state index contributed by atoms with van der Waals surface area (Å²) >= 11 is 0. The lowest BCUT2D eigenvalue weighted by Gasteiger charge is -2.35. The smallest absolute Gasteiger partial charge is 0.254 e. The summed E-state index contributed by atoms with van der Waals surface area (Å²) in [7, 11) is 3.22. The van der Waals surface area contributed by atoms with Crippen LogP contribution in [0.3, 0.4) is 0 Å². The largest absolute Gasteiger partial charge is 0.392 e. The van der Waals surface area contributed by atoms with Gasteiger partial charge in [-0.1, -0.05) is 84.9 Å². The number of nitrogens with zero attached hydrogens (tertiary/aromatic N) is 2. The third kappa shape index (κ3) is 8.06. The highest BCUT2D eigenvalue weighted by atomic mass is 16.3. The quantitative estimate of drug-likeness (QED) is 0.237. The molecule has 0 radical (unpaired) electrons. The summed E-state index contributed by atoms with van der Waals surface area (Å²) in [5.41, 5.74) is 8.83. The molecule has 0 fully saturated rings. The SMILES string of the molecule is C[C@@H](O)CNC(=O)[C@@H](Cc1ccccc1)N(C)C(=O)[C@@H](Cc1ccc2ccccc2c1)N(C)C(=O)c1cccc(CN)c1. The second-order valence-electron chi connectivity index (χ2n) is 11.0. The molecule has 0 aliphatic carbocycles. The highest BCUT2D eigenvalue weighted by Crippen LogP contribution is 2.21. The Morgan fingerprint density at radius 3 is 2.09 bits per heavy atom. The first-order valence-electron chi connectivity index (χ1n) is 14.5. The molecular formula is C35H40N4O4. The summed E-state index contributed by atoms with van der Waals surface area (Å²) in [5.74, 6) is -1.07. The Labute approximate surface area is 253 Å². The van der Waals surface area contributed by atoms with Crippen LogP contribution in [-0.2, 0) is 29.0 Å². The van der Waals surface area contributed by atoms with Crippen LogP contribution in [0.2, 0.25) is 0 Å². The first kappa shape index (κ1) is 31.4. The normalized spacial score (nSPS) is 13.1. The minimum Gasteiger partial charge on any atom is -0.392 e. The molecule has 43 heavy (non-hydrogen) atoms. The van der Waals surface area contributed by atoms with Gasteiger partial charge in [-0.15, -0.1) is 0 Å². The Morgan fingerprint density at radius 2 is 1.40 bits per heavy atom. The summed E-state index contributed by atoms with van der Waals surface area (Å²) in [4.78, 5) is 44.4. The van der Waals surface area contributed by atoms with Gasteiger partial charge < -0.3 is 26.0 Å². The molecule has 0 heterocycles. The number of amides is 3. The average molecular weight is 581 g/mol. The molecule has 224 valence electrons. The second kappa shape index (κ2) is 14.6. The summed E-state index contributed by atoms with van der Waals surface area (Å²) in [6.07, 6.45) is -0.218. The fourth-order valence-corrected chi connectivity index (χ4v) is 5.15. The van der Waals surface area contributed by atoms with Crippen LogP contribution >= 0.6 is 0 Å². The van der Waals surface area contributed by atoms with E-state index in [0.29, 0.717) is 5.56 Å². The predicted molar refractivity (Wildman–Crippen MR) is 169 cm³/mol. The number of rotatable bonds is 12. The number of nitrogens with one attached hydrogen (secondary N) is 1. The zero-order chi connectivity index (χ0) is 30.9. The zero-order valence-corrected chi connectivity index (χ0v) is 24.9.